The number of hydrogen-bond acceptors (Lipinski definition) is 5. The van der Waals surface area contributed by atoms with Gasteiger partial charge in [0.15, 0.2) is 0 Å². The molecule has 2 rings (SSSR count). The van der Waals surface area contributed by atoms with Gasteiger partial charge in [-0.2, -0.15) is 0 Å². The van der Waals surface area contributed by atoms with E-state index < -0.39 is 0 Å². The van der Waals surface area contributed by atoms with Crippen LogP contribution in [0.15, 0.2) is 33.9 Å². The Bertz CT molecular complexity index is 561. The SMILES string of the molecule is CCC(C)[C@H](N)c1nnc(SCc2ccccc2Cl)o1. The van der Waals surface area contributed by atoms with Crippen LogP contribution >= 0.6 is 23.4 Å². The van der Waals surface area contributed by atoms with Crippen LogP contribution in [-0.4, -0.2) is 10.2 Å². The quantitative estimate of drug-likeness (QED) is 0.815. The Hall–Kier alpha value is -1.04. The summed E-state index contributed by atoms with van der Waals surface area (Å²) in [5.41, 5.74) is 7.11. The Morgan fingerprint density at radius 3 is 2.80 bits per heavy atom. The molecule has 2 N–H and O–H groups in total. The summed E-state index contributed by atoms with van der Waals surface area (Å²) in [6.07, 6.45) is 0.978. The van der Waals surface area contributed by atoms with Crippen molar-refractivity contribution in [2.24, 2.45) is 11.7 Å². The molecule has 20 heavy (non-hydrogen) atoms. The number of nitrogens with zero attached hydrogens (tertiary/aromatic N) is 2. The summed E-state index contributed by atoms with van der Waals surface area (Å²) < 4.78 is 5.60. The van der Waals surface area contributed by atoms with Crippen LogP contribution in [0.5, 0.6) is 0 Å². The van der Waals surface area contributed by atoms with E-state index in [9.17, 15) is 0 Å². The summed E-state index contributed by atoms with van der Waals surface area (Å²) in [4.78, 5) is 0. The number of nitrogens with two attached hydrogens (primary N) is 1. The molecule has 1 aromatic heterocycles. The van der Waals surface area contributed by atoms with Gasteiger partial charge in [0.1, 0.15) is 0 Å². The molecule has 4 nitrogen and oxygen atoms in total. The topological polar surface area (TPSA) is 64.9 Å². The van der Waals surface area contributed by atoms with Crippen molar-refractivity contribution in [2.45, 2.75) is 37.3 Å². The fourth-order valence-electron chi connectivity index (χ4n) is 1.67. The van der Waals surface area contributed by atoms with E-state index in [4.69, 9.17) is 21.8 Å². The van der Waals surface area contributed by atoms with Crippen molar-refractivity contribution < 1.29 is 4.42 Å². The Balaban J connectivity index is 1.98. The summed E-state index contributed by atoms with van der Waals surface area (Å²) in [5, 5.41) is 9.32. The van der Waals surface area contributed by atoms with Gasteiger partial charge in [0.25, 0.3) is 5.22 Å². The molecular weight excluding hydrogens is 294 g/mol. The Morgan fingerprint density at radius 2 is 2.10 bits per heavy atom. The lowest BCUT2D eigenvalue weighted by molar-refractivity contribution is 0.333. The average molecular weight is 312 g/mol. The van der Waals surface area contributed by atoms with Crippen molar-refractivity contribution in [2.75, 3.05) is 0 Å². The van der Waals surface area contributed by atoms with Gasteiger partial charge in [0, 0.05) is 10.8 Å². The highest BCUT2D eigenvalue weighted by Gasteiger charge is 2.19. The molecule has 0 saturated heterocycles. The van der Waals surface area contributed by atoms with Gasteiger partial charge in [0.2, 0.25) is 5.89 Å². The summed E-state index contributed by atoms with van der Waals surface area (Å²) in [6.45, 7) is 4.17. The Morgan fingerprint density at radius 1 is 1.35 bits per heavy atom. The molecule has 0 spiro atoms. The molecule has 0 saturated carbocycles. The molecule has 108 valence electrons. The molecule has 0 amide bonds. The molecule has 1 unspecified atom stereocenters. The zero-order chi connectivity index (χ0) is 14.5. The predicted octanol–water partition coefficient (Wildman–Crippen LogP) is 4.06. The lowest BCUT2D eigenvalue weighted by atomic mass is 10.0. The summed E-state index contributed by atoms with van der Waals surface area (Å²) in [7, 11) is 0. The van der Waals surface area contributed by atoms with Gasteiger partial charge in [-0.3, -0.25) is 0 Å². The number of halogens is 1. The third-order valence-corrected chi connectivity index (χ3v) is 4.51. The van der Waals surface area contributed by atoms with E-state index in [0.717, 1.165) is 17.0 Å². The minimum absolute atomic E-state index is 0.206. The molecule has 2 atom stereocenters. The lowest BCUT2D eigenvalue weighted by Gasteiger charge is -2.13. The summed E-state index contributed by atoms with van der Waals surface area (Å²) in [5.74, 6) is 1.51. The fourth-order valence-corrected chi connectivity index (χ4v) is 2.72. The third kappa shape index (κ3) is 3.75. The first-order valence-electron chi connectivity index (χ1n) is 6.57. The number of benzene rings is 1. The Labute approximate surface area is 128 Å². The van der Waals surface area contributed by atoms with Crippen LogP contribution in [0, 0.1) is 5.92 Å². The van der Waals surface area contributed by atoms with Crippen LogP contribution in [0.4, 0.5) is 0 Å². The molecule has 0 aliphatic rings. The molecule has 0 fully saturated rings. The van der Waals surface area contributed by atoms with Gasteiger partial charge in [-0.1, -0.05) is 61.8 Å². The minimum atomic E-state index is -0.206. The minimum Gasteiger partial charge on any atom is -0.414 e. The van der Waals surface area contributed by atoms with E-state index in [-0.39, 0.29) is 6.04 Å². The standard InChI is InChI=1S/C14H18ClN3OS/c1-3-9(2)12(16)13-17-18-14(19-13)20-8-10-6-4-5-7-11(10)15/h4-7,9,12H,3,8,16H2,1-2H3/t9?,12-/m0/s1. The van der Waals surface area contributed by atoms with Gasteiger partial charge in [-0.05, 0) is 17.5 Å². The molecule has 0 bridgehead atoms. The molecule has 0 aliphatic heterocycles. The maximum atomic E-state index is 6.11. The highest BCUT2D eigenvalue weighted by molar-refractivity contribution is 7.98. The van der Waals surface area contributed by atoms with Crippen LogP contribution in [0.2, 0.25) is 5.02 Å². The number of thioether (sulfide) groups is 1. The van der Waals surface area contributed by atoms with Crippen molar-refractivity contribution in [3.8, 4) is 0 Å². The first kappa shape index (κ1) is 15.4. The van der Waals surface area contributed by atoms with Crippen molar-refractivity contribution in [1.29, 1.82) is 0 Å². The van der Waals surface area contributed by atoms with E-state index >= 15 is 0 Å². The molecule has 1 heterocycles. The van der Waals surface area contributed by atoms with E-state index in [1.54, 1.807) is 0 Å². The molecule has 1 aromatic carbocycles. The van der Waals surface area contributed by atoms with Gasteiger partial charge in [0.05, 0.1) is 6.04 Å². The van der Waals surface area contributed by atoms with Crippen LogP contribution in [0.1, 0.15) is 37.8 Å². The first-order chi connectivity index (χ1) is 9.61. The molecule has 0 aliphatic carbocycles. The predicted molar refractivity (Wildman–Crippen MR) is 81.7 cm³/mol. The first-order valence-corrected chi connectivity index (χ1v) is 7.93. The largest absolute Gasteiger partial charge is 0.414 e. The van der Waals surface area contributed by atoms with Gasteiger partial charge < -0.3 is 10.2 Å². The maximum absolute atomic E-state index is 6.11. The van der Waals surface area contributed by atoms with Crippen LogP contribution in [-0.2, 0) is 5.75 Å². The summed E-state index contributed by atoms with van der Waals surface area (Å²) >= 11 is 7.57. The van der Waals surface area contributed by atoms with E-state index in [1.807, 2.05) is 24.3 Å². The van der Waals surface area contributed by atoms with Crippen molar-refractivity contribution in [3.05, 3.63) is 40.7 Å². The van der Waals surface area contributed by atoms with Crippen LogP contribution in [0.25, 0.3) is 0 Å². The molecular formula is C14H18ClN3OS. The zero-order valence-electron chi connectivity index (χ0n) is 11.5. The van der Waals surface area contributed by atoms with Gasteiger partial charge in [-0.15, -0.1) is 10.2 Å². The van der Waals surface area contributed by atoms with Crippen LogP contribution in [0.3, 0.4) is 0 Å². The van der Waals surface area contributed by atoms with E-state index in [2.05, 4.69) is 24.0 Å². The second-order valence-corrected chi connectivity index (χ2v) is 6.03. The molecule has 2 aromatic rings. The number of aromatic nitrogens is 2. The Kier molecular flexibility index (Phi) is 5.46. The van der Waals surface area contributed by atoms with E-state index in [0.29, 0.717) is 22.8 Å². The smallest absolute Gasteiger partial charge is 0.276 e. The number of hydrogen-bond donors (Lipinski definition) is 1. The maximum Gasteiger partial charge on any atom is 0.276 e. The third-order valence-electron chi connectivity index (χ3n) is 3.27. The second-order valence-electron chi connectivity index (χ2n) is 4.70. The highest BCUT2D eigenvalue weighted by Crippen LogP contribution is 2.28. The average Bonchev–Trinajstić information content (AvgIpc) is 2.93. The summed E-state index contributed by atoms with van der Waals surface area (Å²) in [6, 6.07) is 7.52. The van der Waals surface area contributed by atoms with Gasteiger partial charge >= 0.3 is 0 Å². The highest BCUT2D eigenvalue weighted by atomic mass is 35.5. The van der Waals surface area contributed by atoms with Crippen molar-refractivity contribution in [1.82, 2.24) is 10.2 Å². The normalized spacial score (nSPS) is 14.2. The monoisotopic (exact) mass is 311 g/mol. The fraction of sp³-hybridized carbons (Fsp3) is 0.429. The second kappa shape index (κ2) is 7.11. The van der Waals surface area contributed by atoms with Gasteiger partial charge in [-0.25, -0.2) is 0 Å². The van der Waals surface area contributed by atoms with Crippen molar-refractivity contribution >= 4 is 23.4 Å². The number of rotatable bonds is 6. The molecule has 0 radical (unpaired) electrons. The van der Waals surface area contributed by atoms with Crippen molar-refractivity contribution in [3.63, 3.8) is 0 Å². The van der Waals surface area contributed by atoms with Crippen LogP contribution < -0.4 is 5.73 Å². The van der Waals surface area contributed by atoms with E-state index in [1.165, 1.54) is 11.8 Å². The molecule has 6 heteroatoms. The zero-order valence-corrected chi connectivity index (χ0v) is 13.1. The lowest BCUT2D eigenvalue weighted by Crippen LogP contribution is -2.18.